The fourth-order valence-electron chi connectivity index (χ4n) is 5.67. The Morgan fingerprint density at radius 2 is 1.78 bits per heavy atom. The van der Waals surface area contributed by atoms with Gasteiger partial charge in [0.15, 0.2) is 0 Å². The predicted molar refractivity (Wildman–Crippen MR) is 113 cm³/mol. The first-order valence-electron chi connectivity index (χ1n) is 10.9. The normalized spacial score (nSPS) is 24.5. The van der Waals surface area contributed by atoms with Gasteiger partial charge in [-0.05, 0) is 44.4 Å². The fourth-order valence-corrected chi connectivity index (χ4v) is 5.67. The number of fused-ring (bicyclic) bond motifs is 1. The van der Waals surface area contributed by atoms with Crippen molar-refractivity contribution in [3.05, 3.63) is 74.4 Å². The highest BCUT2D eigenvalue weighted by atomic mass is 19.4. The third kappa shape index (κ3) is 3.43. The molecule has 3 fully saturated rings. The molecule has 3 saturated carbocycles. The number of hydrogen-bond acceptors (Lipinski definition) is 4. The summed E-state index contributed by atoms with van der Waals surface area (Å²) in [4.78, 5) is 45.5. The molecule has 6 rings (SSSR count). The van der Waals surface area contributed by atoms with E-state index in [1.807, 2.05) is 0 Å². The number of carbonyl (C=O) groups excluding carboxylic acids is 1. The van der Waals surface area contributed by atoms with E-state index in [1.165, 1.54) is 6.92 Å². The van der Waals surface area contributed by atoms with E-state index in [-0.39, 0.29) is 16.6 Å². The molecule has 0 saturated heterocycles. The van der Waals surface area contributed by atoms with E-state index in [9.17, 15) is 40.7 Å². The maximum atomic E-state index is 14.2. The maximum absolute atomic E-state index is 14.2. The smallest absolute Gasteiger partial charge is 0.346 e. The van der Waals surface area contributed by atoms with Gasteiger partial charge in [0, 0.05) is 11.5 Å². The quantitative estimate of drug-likeness (QED) is 0.510. The molecule has 2 aromatic heterocycles. The Morgan fingerprint density at radius 1 is 1.11 bits per heavy atom. The van der Waals surface area contributed by atoms with E-state index in [0.29, 0.717) is 10.6 Å². The fraction of sp³-hybridized carbons (Fsp3) is 0.391. The van der Waals surface area contributed by atoms with Crippen LogP contribution < -0.4 is 16.6 Å². The molecule has 2 N–H and O–H groups in total. The van der Waals surface area contributed by atoms with Gasteiger partial charge in [-0.3, -0.25) is 14.6 Å². The highest BCUT2D eigenvalue weighted by molar-refractivity contribution is 5.83. The van der Waals surface area contributed by atoms with Gasteiger partial charge in [0.2, 0.25) is 5.91 Å². The SMILES string of the molecule is C[C@@H](NC(=O)[C@@H](n1c(=O)[nH]c2ccc(F)cc2c1=O)C12CC(C(F)(F)F)(C1)C2)c1ncc(F)cc1F. The number of nitrogens with zero attached hydrogens (tertiary/aromatic N) is 2. The molecule has 0 spiro atoms. The lowest BCUT2D eigenvalue weighted by Crippen LogP contribution is -2.73. The number of alkyl halides is 3. The number of nitrogens with one attached hydrogen (secondary N) is 2. The van der Waals surface area contributed by atoms with Crippen LogP contribution in [-0.4, -0.2) is 26.6 Å². The van der Waals surface area contributed by atoms with Crippen molar-refractivity contribution in [3.8, 4) is 0 Å². The molecule has 2 atom stereocenters. The first-order chi connectivity index (χ1) is 16.8. The summed E-state index contributed by atoms with van der Waals surface area (Å²) < 4.78 is 82.3. The van der Waals surface area contributed by atoms with Crippen molar-refractivity contribution in [2.24, 2.45) is 10.8 Å². The number of carbonyl (C=O) groups is 1. The molecule has 1 amide bonds. The van der Waals surface area contributed by atoms with Crippen molar-refractivity contribution < 1.29 is 31.1 Å². The van der Waals surface area contributed by atoms with Crippen LogP contribution in [-0.2, 0) is 4.79 Å². The Kier molecular flexibility index (Phi) is 5.13. The van der Waals surface area contributed by atoms with Gasteiger partial charge in [0.1, 0.15) is 23.5 Å². The number of amides is 1. The number of halogens is 6. The Bertz CT molecular complexity index is 1510. The summed E-state index contributed by atoms with van der Waals surface area (Å²) in [6.45, 7) is 1.31. The molecular formula is C23H18F6N4O3. The number of rotatable bonds is 5. The molecule has 36 heavy (non-hydrogen) atoms. The second-order valence-electron chi connectivity index (χ2n) is 9.62. The molecule has 3 aliphatic rings. The van der Waals surface area contributed by atoms with Gasteiger partial charge in [0.05, 0.1) is 34.3 Å². The Labute approximate surface area is 198 Å². The second kappa shape index (κ2) is 7.68. The van der Waals surface area contributed by atoms with Crippen LogP contribution in [0.4, 0.5) is 26.3 Å². The van der Waals surface area contributed by atoms with Crippen molar-refractivity contribution in [2.45, 2.75) is 44.4 Å². The highest BCUT2D eigenvalue weighted by Crippen LogP contribution is 2.81. The van der Waals surface area contributed by atoms with Gasteiger partial charge in [-0.2, -0.15) is 13.2 Å². The molecule has 7 nitrogen and oxygen atoms in total. The van der Waals surface area contributed by atoms with Crippen LogP contribution in [0.15, 0.2) is 40.1 Å². The number of H-pyrrole nitrogens is 1. The zero-order valence-electron chi connectivity index (χ0n) is 18.5. The number of hydrogen-bond donors (Lipinski definition) is 2. The van der Waals surface area contributed by atoms with Crippen molar-refractivity contribution >= 4 is 16.8 Å². The zero-order chi connectivity index (χ0) is 26.2. The minimum absolute atomic E-state index is 0.0166. The summed E-state index contributed by atoms with van der Waals surface area (Å²) in [5.74, 6) is -3.85. The lowest BCUT2D eigenvalue weighted by atomic mass is 9.32. The number of pyridine rings is 1. The number of benzene rings is 1. The largest absolute Gasteiger partial charge is 0.394 e. The summed E-state index contributed by atoms with van der Waals surface area (Å²) in [6.07, 6.45) is -5.29. The Hall–Kier alpha value is -3.64. The highest BCUT2D eigenvalue weighted by Gasteiger charge is 2.81. The summed E-state index contributed by atoms with van der Waals surface area (Å²) in [5, 5.41) is 2.11. The zero-order valence-corrected chi connectivity index (χ0v) is 18.5. The van der Waals surface area contributed by atoms with Crippen molar-refractivity contribution in [3.63, 3.8) is 0 Å². The van der Waals surface area contributed by atoms with Gasteiger partial charge < -0.3 is 10.3 Å². The minimum Gasteiger partial charge on any atom is -0.346 e. The molecule has 1 aromatic carbocycles. The molecule has 0 aliphatic heterocycles. The summed E-state index contributed by atoms with van der Waals surface area (Å²) in [7, 11) is 0. The maximum Gasteiger partial charge on any atom is 0.394 e. The molecule has 2 bridgehead atoms. The van der Waals surface area contributed by atoms with Gasteiger partial charge in [-0.15, -0.1) is 0 Å². The van der Waals surface area contributed by atoms with E-state index in [0.717, 1.165) is 24.4 Å². The van der Waals surface area contributed by atoms with Crippen molar-refractivity contribution in [2.75, 3.05) is 0 Å². The molecule has 0 unspecified atom stereocenters. The first kappa shape index (κ1) is 24.1. The van der Waals surface area contributed by atoms with Crippen LogP contribution in [0, 0.1) is 28.3 Å². The average Bonchev–Trinajstić information content (AvgIpc) is 2.70. The van der Waals surface area contributed by atoms with Crippen LogP contribution in [0.5, 0.6) is 0 Å². The van der Waals surface area contributed by atoms with Crippen LogP contribution in [0.1, 0.15) is 44.0 Å². The van der Waals surface area contributed by atoms with Crippen LogP contribution in [0.2, 0.25) is 0 Å². The number of aromatic nitrogens is 3. The molecule has 3 aromatic rings. The van der Waals surface area contributed by atoms with E-state index in [1.54, 1.807) is 0 Å². The number of aromatic amines is 1. The van der Waals surface area contributed by atoms with E-state index in [4.69, 9.17) is 0 Å². The third-order valence-corrected chi connectivity index (χ3v) is 7.26. The molecule has 13 heteroatoms. The lowest BCUT2D eigenvalue weighted by molar-refractivity contribution is -0.370. The van der Waals surface area contributed by atoms with Crippen LogP contribution >= 0.6 is 0 Å². The first-order valence-corrected chi connectivity index (χ1v) is 10.9. The predicted octanol–water partition coefficient (Wildman–Crippen LogP) is 3.65. The lowest BCUT2D eigenvalue weighted by Gasteiger charge is -2.72. The third-order valence-electron chi connectivity index (χ3n) is 7.26. The molecule has 0 radical (unpaired) electrons. The molecular weight excluding hydrogens is 494 g/mol. The van der Waals surface area contributed by atoms with Crippen molar-refractivity contribution in [1.29, 1.82) is 0 Å². The van der Waals surface area contributed by atoms with E-state index in [2.05, 4.69) is 15.3 Å². The van der Waals surface area contributed by atoms with Crippen LogP contribution in [0.25, 0.3) is 10.9 Å². The van der Waals surface area contributed by atoms with Gasteiger partial charge in [-0.25, -0.2) is 22.5 Å². The van der Waals surface area contributed by atoms with Gasteiger partial charge in [0.25, 0.3) is 5.56 Å². The molecule has 2 heterocycles. The monoisotopic (exact) mass is 512 g/mol. The van der Waals surface area contributed by atoms with Gasteiger partial charge >= 0.3 is 11.9 Å². The second-order valence-corrected chi connectivity index (χ2v) is 9.62. The Balaban J connectivity index is 1.58. The molecule has 190 valence electrons. The summed E-state index contributed by atoms with van der Waals surface area (Å²) >= 11 is 0. The van der Waals surface area contributed by atoms with Crippen LogP contribution in [0.3, 0.4) is 0 Å². The minimum atomic E-state index is -4.53. The van der Waals surface area contributed by atoms with Gasteiger partial charge in [-0.1, -0.05) is 0 Å². The standard InChI is InChI=1S/C23H18F6N4O3/c1-10(16-14(26)5-12(25)6-30-16)31-18(34)17(21-7-22(8-21,9-21)23(27,28)29)33-19(35)13-4-11(24)2-3-15(13)32-20(33)36/h2-6,10,17H,7-9H2,1H3,(H,31,34)(H,32,36)/t10-,17-,21?,22?/m1/s1. The summed E-state index contributed by atoms with van der Waals surface area (Å²) in [6, 6.07) is 0.667. The van der Waals surface area contributed by atoms with Crippen molar-refractivity contribution in [1.82, 2.24) is 19.9 Å². The Morgan fingerprint density at radius 3 is 2.39 bits per heavy atom. The summed E-state index contributed by atoms with van der Waals surface area (Å²) in [5.41, 5.74) is -5.87. The topological polar surface area (TPSA) is 96.9 Å². The van der Waals surface area contributed by atoms with E-state index >= 15 is 0 Å². The average molecular weight is 512 g/mol. The molecule has 3 aliphatic carbocycles. The van der Waals surface area contributed by atoms with E-state index < -0.39 is 83.0 Å².